The summed E-state index contributed by atoms with van der Waals surface area (Å²) in [6, 6.07) is 2.86. The molecule has 170 valence electrons. The number of amides is 4. The van der Waals surface area contributed by atoms with Gasteiger partial charge in [-0.15, -0.1) is 0 Å². The van der Waals surface area contributed by atoms with E-state index in [9.17, 15) is 22.8 Å². The minimum absolute atomic E-state index is 0.0106. The number of methoxy groups -OCH3 is 1. The van der Waals surface area contributed by atoms with Crippen molar-refractivity contribution in [1.82, 2.24) is 14.5 Å². The number of rotatable bonds is 8. The molecule has 11 nitrogen and oxygen atoms in total. The van der Waals surface area contributed by atoms with Gasteiger partial charge in [-0.25, -0.2) is 13.2 Å². The number of imide groups is 1. The van der Waals surface area contributed by atoms with Gasteiger partial charge in [0.15, 0.2) is 0 Å². The van der Waals surface area contributed by atoms with Crippen LogP contribution in [0.25, 0.3) is 0 Å². The van der Waals surface area contributed by atoms with Gasteiger partial charge >= 0.3 is 6.03 Å². The van der Waals surface area contributed by atoms with Gasteiger partial charge in [-0.1, -0.05) is 13.3 Å². The highest BCUT2D eigenvalue weighted by molar-refractivity contribution is 7.89. The molecule has 1 unspecified atom stereocenters. The predicted octanol–water partition coefficient (Wildman–Crippen LogP) is 0.375. The molecule has 31 heavy (non-hydrogen) atoms. The molecule has 2 saturated heterocycles. The Kier molecular flexibility index (Phi) is 7.13. The van der Waals surface area contributed by atoms with Crippen LogP contribution in [-0.2, 0) is 24.3 Å². The van der Waals surface area contributed by atoms with Crippen LogP contribution < -0.4 is 15.4 Å². The van der Waals surface area contributed by atoms with E-state index in [0.29, 0.717) is 26.1 Å². The quantitative estimate of drug-likeness (QED) is 0.542. The second-order valence-corrected chi connectivity index (χ2v) is 9.08. The zero-order valence-electron chi connectivity index (χ0n) is 17.4. The molecule has 2 N–H and O–H groups in total. The maximum absolute atomic E-state index is 12.9. The molecule has 3 rings (SSSR count). The van der Waals surface area contributed by atoms with Gasteiger partial charge in [0.25, 0.3) is 5.91 Å². The Morgan fingerprint density at radius 1 is 1.29 bits per heavy atom. The van der Waals surface area contributed by atoms with Crippen LogP contribution in [0, 0.1) is 0 Å². The molecule has 2 fully saturated rings. The number of nitrogens with zero attached hydrogens (tertiary/aromatic N) is 2. The van der Waals surface area contributed by atoms with Gasteiger partial charge in [0.1, 0.15) is 18.3 Å². The van der Waals surface area contributed by atoms with E-state index in [0.717, 1.165) is 4.90 Å². The number of nitrogens with one attached hydrogen (secondary N) is 2. The number of hydrogen-bond acceptors (Lipinski definition) is 7. The van der Waals surface area contributed by atoms with Crippen LogP contribution in [-0.4, -0.2) is 81.5 Å². The second-order valence-electron chi connectivity index (χ2n) is 7.14. The fraction of sp³-hybridized carbons (Fsp3) is 0.526. The molecule has 12 heteroatoms. The van der Waals surface area contributed by atoms with Crippen molar-refractivity contribution in [2.75, 3.05) is 45.3 Å². The molecule has 1 aromatic rings. The largest absolute Gasteiger partial charge is 0.495 e. The van der Waals surface area contributed by atoms with E-state index in [1.807, 2.05) is 6.92 Å². The number of anilines is 1. The van der Waals surface area contributed by atoms with Gasteiger partial charge < -0.3 is 20.1 Å². The van der Waals surface area contributed by atoms with E-state index < -0.39 is 40.5 Å². The molecular formula is C19H26N4O7S. The summed E-state index contributed by atoms with van der Waals surface area (Å²) in [5.41, 5.74) is 0.124. The third kappa shape index (κ3) is 4.97. The predicted molar refractivity (Wildman–Crippen MR) is 110 cm³/mol. The van der Waals surface area contributed by atoms with Gasteiger partial charge in [-0.05, 0) is 24.6 Å². The first kappa shape index (κ1) is 23.0. The molecule has 0 radical (unpaired) electrons. The number of benzene rings is 1. The fourth-order valence-electron chi connectivity index (χ4n) is 3.43. The molecule has 0 aliphatic carbocycles. The van der Waals surface area contributed by atoms with Crippen molar-refractivity contribution in [2.45, 2.75) is 30.7 Å². The van der Waals surface area contributed by atoms with Gasteiger partial charge in [0.2, 0.25) is 15.9 Å². The number of morpholine rings is 1. The molecule has 2 heterocycles. The Morgan fingerprint density at radius 3 is 2.65 bits per heavy atom. The van der Waals surface area contributed by atoms with E-state index in [-0.39, 0.29) is 29.4 Å². The molecule has 1 aromatic carbocycles. The van der Waals surface area contributed by atoms with Gasteiger partial charge in [0, 0.05) is 13.1 Å². The van der Waals surface area contributed by atoms with E-state index in [4.69, 9.17) is 9.47 Å². The molecule has 0 bridgehead atoms. The molecule has 0 aromatic heterocycles. The van der Waals surface area contributed by atoms with E-state index in [1.54, 1.807) is 0 Å². The minimum Gasteiger partial charge on any atom is -0.495 e. The summed E-state index contributed by atoms with van der Waals surface area (Å²) in [5, 5.41) is 5.10. The normalized spacial score (nSPS) is 19.9. The zero-order valence-corrected chi connectivity index (χ0v) is 18.2. The van der Waals surface area contributed by atoms with E-state index in [1.165, 1.54) is 29.6 Å². The molecule has 2 aliphatic heterocycles. The zero-order chi connectivity index (χ0) is 22.6. The van der Waals surface area contributed by atoms with Gasteiger partial charge in [-0.2, -0.15) is 4.31 Å². The minimum atomic E-state index is -3.78. The summed E-state index contributed by atoms with van der Waals surface area (Å²) in [7, 11) is -2.40. The van der Waals surface area contributed by atoms with Crippen LogP contribution in [0.2, 0.25) is 0 Å². The maximum Gasteiger partial charge on any atom is 0.325 e. The topological polar surface area (TPSA) is 134 Å². The number of urea groups is 1. The third-order valence-electron chi connectivity index (χ3n) is 5.04. The van der Waals surface area contributed by atoms with Gasteiger partial charge in [0.05, 0.1) is 30.9 Å². The summed E-state index contributed by atoms with van der Waals surface area (Å²) in [6.45, 7) is 2.49. The van der Waals surface area contributed by atoms with Crippen molar-refractivity contribution in [2.24, 2.45) is 0 Å². The fourth-order valence-corrected chi connectivity index (χ4v) is 4.86. The van der Waals surface area contributed by atoms with Crippen LogP contribution in [0.15, 0.2) is 23.1 Å². The first-order chi connectivity index (χ1) is 14.8. The summed E-state index contributed by atoms with van der Waals surface area (Å²) in [5.74, 6) is -0.868. The highest BCUT2D eigenvalue weighted by atomic mass is 32.2. The highest BCUT2D eigenvalue weighted by Gasteiger charge is 2.38. The van der Waals surface area contributed by atoms with E-state index >= 15 is 0 Å². The van der Waals surface area contributed by atoms with Crippen molar-refractivity contribution >= 4 is 33.6 Å². The first-order valence-corrected chi connectivity index (χ1v) is 11.4. The number of carbonyl (C=O) groups excluding carboxylic acids is 3. The van der Waals surface area contributed by atoms with Crippen LogP contribution >= 0.6 is 0 Å². The average Bonchev–Trinajstić information content (AvgIpc) is 3.02. The van der Waals surface area contributed by atoms with Crippen LogP contribution in [0.1, 0.15) is 19.8 Å². The Hall–Kier alpha value is -2.70. The molecule has 0 spiro atoms. The van der Waals surface area contributed by atoms with Crippen molar-refractivity contribution in [3.05, 3.63) is 18.2 Å². The van der Waals surface area contributed by atoms with E-state index in [2.05, 4.69) is 10.6 Å². The third-order valence-corrected chi connectivity index (χ3v) is 6.93. The molecule has 0 saturated carbocycles. The SMILES string of the molecule is CCCC1NC(=O)N(CC(=O)Nc2cc(S(=O)(=O)N3CCOCC3)ccc2OC)C1=O. The Bertz CT molecular complexity index is 960. The standard InChI is InChI=1S/C19H26N4O7S/c1-3-4-14-18(25)23(19(26)21-14)12-17(24)20-15-11-13(5-6-16(15)29-2)31(27,28)22-7-9-30-10-8-22/h5-6,11,14H,3-4,7-10,12H2,1-2H3,(H,20,24)(H,21,26). The molecule has 1 atom stereocenters. The highest BCUT2D eigenvalue weighted by Crippen LogP contribution is 2.29. The Balaban J connectivity index is 1.76. The number of sulfonamides is 1. The van der Waals surface area contributed by atoms with Gasteiger partial charge in [-0.3, -0.25) is 14.5 Å². The van der Waals surface area contributed by atoms with Crippen LogP contribution in [0.4, 0.5) is 10.5 Å². The summed E-state index contributed by atoms with van der Waals surface area (Å²) in [4.78, 5) is 37.7. The summed E-state index contributed by atoms with van der Waals surface area (Å²) in [6.07, 6.45) is 1.19. The lowest BCUT2D eigenvalue weighted by atomic mass is 10.2. The smallest absolute Gasteiger partial charge is 0.325 e. The van der Waals surface area contributed by atoms with Crippen molar-refractivity contribution in [3.8, 4) is 5.75 Å². The lowest BCUT2D eigenvalue weighted by Gasteiger charge is -2.26. The molecular weight excluding hydrogens is 428 g/mol. The number of ether oxygens (including phenoxy) is 2. The second kappa shape index (κ2) is 9.62. The van der Waals surface area contributed by atoms with Crippen molar-refractivity contribution in [1.29, 1.82) is 0 Å². The lowest BCUT2D eigenvalue weighted by molar-refractivity contribution is -0.130. The van der Waals surface area contributed by atoms with Crippen LogP contribution in [0.5, 0.6) is 5.75 Å². The van der Waals surface area contributed by atoms with Crippen molar-refractivity contribution < 1.29 is 32.3 Å². The number of hydrogen-bond donors (Lipinski definition) is 2. The summed E-state index contributed by atoms with van der Waals surface area (Å²) < 4.78 is 37.5. The summed E-state index contributed by atoms with van der Waals surface area (Å²) >= 11 is 0. The monoisotopic (exact) mass is 454 g/mol. The molecule has 4 amide bonds. The number of carbonyl (C=O) groups is 3. The Morgan fingerprint density at radius 2 is 2.00 bits per heavy atom. The Labute approximate surface area is 180 Å². The maximum atomic E-state index is 12.9. The van der Waals surface area contributed by atoms with Crippen LogP contribution in [0.3, 0.4) is 0 Å². The average molecular weight is 455 g/mol. The molecule has 2 aliphatic rings. The lowest BCUT2D eigenvalue weighted by Crippen LogP contribution is -2.40. The first-order valence-electron chi connectivity index (χ1n) is 9.95. The van der Waals surface area contributed by atoms with Crippen molar-refractivity contribution in [3.63, 3.8) is 0 Å².